The van der Waals surface area contributed by atoms with Crippen molar-refractivity contribution in [2.75, 3.05) is 5.32 Å². The van der Waals surface area contributed by atoms with E-state index in [1.165, 1.54) is 4.68 Å². The van der Waals surface area contributed by atoms with Crippen molar-refractivity contribution in [2.24, 2.45) is 0 Å². The number of benzene rings is 2. The molecule has 0 saturated carbocycles. The Bertz CT molecular complexity index is 1070. The summed E-state index contributed by atoms with van der Waals surface area (Å²) in [6.45, 7) is 2.45. The molecule has 29 heavy (non-hydrogen) atoms. The van der Waals surface area contributed by atoms with Gasteiger partial charge in [0.05, 0.1) is 12.8 Å². The number of aryl methyl sites for hydroxylation is 2. The average Bonchev–Trinajstić information content (AvgIpc) is 3.42. The minimum atomic E-state index is -0.110. The number of aromatic nitrogens is 3. The van der Waals surface area contributed by atoms with E-state index >= 15 is 0 Å². The zero-order valence-electron chi connectivity index (χ0n) is 16.2. The van der Waals surface area contributed by atoms with Crippen LogP contribution in [0.15, 0.2) is 77.4 Å². The van der Waals surface area contributed by atoms with Gasteiger partial charge in [-0.2, -0.15) is 9.67 Å². The predicted molar refractivity (Wildman–Crippen MR) is 112 cm³/mol. The first-order valence-electron chi connectivity index (χ1n) is 9.56. The fourth-order valence-electron chi connectivity index (χ4n) is 3.01. The molecule has 0 saturated heterocycles. The number of hydrogen-bond donors (Lipinski definition) is 1. The van der Waals surface area contributed by atoms with Crippen LogP contribution in [0.3, 0.4) is 0 Å². The first-order valence-corrected chi connectivity index (χ1v) is 9.56. The summed E-state index contributed by atoms with van der Waals surface area (Å²) in [5.41, 5.74) is 3.14. The van der Waals surface area contributed by atoms with Gasteiger partial charge in [-0.3, -0.25) is 4.79 Å². The van der Waals surface area contributed by atoms with Gasteiger partial charge in [0.15, 0.2) is 5.82 Å². The molecule has 0 aliphatic heterocycles. The monoisotopic (exact) mass is 386 g/mol. The number of nitrogens with one attached hydrogen (secondary N) is 1. The van der Waals surface area contributed by atoms with Crippen LogP contribution < -0.4 is 5.32 Å². The van der Waals surface area contributed by atoms with Crippen molar-refractivity contribution in [1.82, 2.24) is 14.8 Å². The van der Waals surface area contributed by atoms with Gasteiger partial charge < -0.3 is 9.73 Å². The zero-order chi connectivity index (χ0) is 20.1. The van der Waals surface area contributed by atoms with Crippen LogP contribution in [0.1, 0.15) is 28.1 Å². The number of rotatable bonds is 7. The van der Waals surface area contributed by atoms with Crippen LogP contribution in [0.5, 0.6) is 0 Å². The van der Waals surface area contributed by atoms with E-state index in [-0.39, 0.29) is 5.91 Å². The van der Waals surface area contributed by atoms with E-state index < -0.39 is 0 Å². The van der Waals surface area contributed by atoms with Gasteiger partial charge in [0.2, 0.25) is 11.9 Å². The molecule has 146 valence electrons. The SMILES string of the molecule is Cc1ccc(-c2nc(NCc3ccco3)n(C(=O)CCc3ccccc3)n2)cc1. The van der Waals surface area contributed by atoms with Crippen LogP contribution in [0, 0.1) is 6.92 Å². The third-order valence-corrected chi connectivity index (χ3v) is 4.62. The van der Waals surface area contributed by atoms with Crippen LogP contribution >= 0.6 is 0 Å². The second-order valence-corrected chi connectivity index (χ2v) is 6.85. The Labute approximate surface area is 169 Å². The van der Waals surface area contributed by atoms with Crippen LogP contribution in [0.4, 0.5) is 5.95 Å². The van der Waals surface area contributed by atoms with Gasteiger partial charge in [0.25, 0.3) is 0 Å². The van der Waals surface area contributed by atoms with Gasteiger partial charge in [-0.25, -0.2) is 0 Å². The van der Waals surface area contributed by atoms with Crippen LogP contribution in [-0.2, 0) is 13.0 Å². The topological polar surface area (TPSA) is 73.0 Å². The maximum Gasteiger partial charge on any atom is 0.250 e. The van der Waals surface area contributed by atoms with E-state index in [2.05, 4.69) is 15.4 Å². The number of carbonyl (C=O) groups is 1. The average molecular weight is 386 g/mol. The second-order valence-electron chi connectivity index (χ2n) is 6.85. The molecular weight excluding hydrogens is 364 g/mol. The molecule has 4 aromatic rings. The van der Waals surface area contributed by atoms with Gasteiger partial charge >= 0.3 is 0 Å². The summed E-state index contributed by atoms with van der Waals surface area (Å²) < 4.78 is 6.72. The first kappa shape index (κ1) is 18.7. The molecule has 0 fully saturated rings. The molecule has 4 rings (SSSR count). The lowest BCUT2D eigenvalue weighted by Gasteiger charge is -2.06. The third kappa shape index (κ3) is 4.60. The molecule has 0 aliphatic rings. The molecule has 2 heterocycles. The molecule has 0 spiro atoms. The largest absolute Gasteiger partial charge is 0.467 e. The summed E-state index contributed by atoms with van der Waals surface area (Å²) >= 11 is 0. The molecule has 1 N–H and O–H groups in total. The van der Waals surface area contributed by atoms with Gasteiger partial charge in [0.1, 0.15) is 5.76 Å². The molecule has 2 aromatic carbocycles. The van der Waals surface area contributed by atoms with Gasteiger partial charge in [-0.05, 0) is 31.0 Å². The van der Waals surface area contributed by atoms with E-state index in [0.717, 1.165) is 22.5 Å². The highest BCUT2D eigenvalue weighted by Gasteiger charge is 2.17. The highest BCUT2D eigenvalue weighted by Crippen LogP contribution is 2.20. The summed E-state index contributed by atoms with van der Waals surface area (Å²) in [4.78, 5) is 17.5. The lowest BCUT2D eigenvalue weighted by atomic mass is 10.1. The van der Waals surface area contributed by atoms with E-state index in [1.807, 2.05) is 73.7 Å². The van der Waals surface area contributed by atoms with Gasteiger partial charge in [0, 0.05) is 12.0 Å². The quantitative estimate of drug-likeness (QED) is 0.497. The molecule has 0 bridgehead atoms. The Morgan fingerprint density at radius 2 is 1.83 bits per heavy atom. The molecule has 0 aliphatic carbocycles. The summed E-state index contributed by atoms with van der Waals surface area (Å²) in [6.07, 6.45) is 2.61. The van der Waals surface area contributed by atoms with Gasteiger partial charge in [-0.1, -0.05) is 60.2 Å². The number of anilines is 1. The molecule has 0 radical (unpaired) electrons. The number of furan rings is 1. The second kappa shape index (κ2) is 8.56. The Hall–Kier alpha value is -3.67. The highest BCUT2D eigenvalue weighted by atomic mass is 16.3. The van der Waals surface area contributed by atoms with E-state index in [9.17, 15) is 4.79 Å². The van der Waals surface area contributed by atoms with Crippen molar-refractivity contribution in [3.05, 3.63) is 89.9 Å². The van der Waals surface area contributed by atoms with Crippen molar-refractivity contribution in [3.8, 4) is 11.4 Å². The highest BCUT2D eigenvalue weighted by molar-refractivity contribution is 5.81. The van der Waals surface area contributed by atoms with Crippen LogP contribution in [0.25, 0.3) is 11.4 Å². The lowest BCUT2D eigenvalue weighted by Crippen LogP contribution is -2.17. The van der Waals surface area contributed by atoms with Crippen molar-refractivity contribution >= 4 is 11.9 Å². The lowest BCUT2D eigenvalue weighted by molar-refractivity contribution is 0.0889. The van der Waals surface area contributed by atoms with Gasteiger partial charge in [-0.15, -0.1) is 5.10 Å². The van der Waals surface area contributed by atoms with E-state index in [1.54, 1.807) is 6.26 Å². The van der Waals surface area contributed by atoms with Crippen molar-refractivity contribution < 1.29 is 9.21 Å². The summed E-state index contributed by atoms with van der Waals surface area (Å²) in [7, 11) is 0. The Morgan fingerprint density at radius 1 is 1.03 bits per heavy atom. The van der Waals surface area contributed by atoms with Crippen LogP contribution in [0.2, 0.25) is 0 Å². The van der Waals surface area contributed by atoms with Crippen molar-refractivity contribution in [3.63, 3.8) is 0 Å². The maximum absolute atomic E-state index is 12.9. The minimum Gasteiger partial charge on any atom is -0.467 e. The molecule has 6 nitrogen and oxygen atoms in total. The third-order valence-electron chi connectivity index (χ3n) is 4.62. The smallest absolute Gasteiger partial charge is 0.250 e. The van der Waals surface area contributed by atoms with Crippen LogP contribution in [-0.4, -0.2) is 20.7 Å². The summed E-state index contributed by atoms with van der Waals surface area (Å²) in [5, 5.41) is 7.66. The number of carbonyl (C=O) groups excluding carboxylic acids is 1. The molecule has 6 heteroatoms. The maximum atomic E-state index is 12.9. The Balaban J connectivity index is 1.57. The van der Waals surface area contributed by atoms with Crippen molar-refractivity contribution in [1.29, 1.82) is 0 Å². The molecule has 2 aromatic heterocycles. The van der Waals surface area contributed by atoms with E-state index in [0.29, 0.717) is 31.2 Å². The summed E-state index contributed by atoms with van der Waals surface area (Å²) in [6, 6.07) is 21.6. The fraction of sp³-hybridized carbons (Fsp3) is 0.174. The summed E-state index contributed by atoms with van der Waals surface area (Å²) in [5.74, 6) is 1.57. The standard InChI is InChI=1S/C23H22N4O2/c1-17-9-12-19(13-10-17)22-25-23(24-16-20-8-5-15-29-20)27(26-22)21(28)14-11-18-6-3-2-4-7-18/h2-10,12-13,15H,11,14,16H2,1H3,(H,24,25,26). The molecule has 0 atom stereocenters. The normalized spacial score (nSPS) is 10.8. The first-order chi connectivity index (χ1) is 14.2. The number of nitrogens with zero attached hydrogens (tertiary/aromatic N) is 3. The Morgan fingerprint density at radius 3 is 2.55 bits per heavy atom. The van der Waals surface area contributed by atoms with E-state index in [4.69, 9.17) is 4.42 Å². The zero-order valence-corrected chi connectivity index (χ0v) is 16.2. The molecule has 0 amide bonds. The predicted octanol–water partition coefficient (Wildman–Crippen LogP) is 4.73. The molecule has 0 unspecified atom stereocenters. The fourth-order valence-corrected chi connectivity index (χ4v) is 3.01. The van der Waals surface area contributed by atoms with Crippen molar-refractivity contribution in [2.45, 2.75) is 26.3 Å². The minimum absolute atomic E-state index is 0.110. The molecular formula is C23H22N4O2. The Kier molecular flexibility index (Phi) is 5.52. The number of hydrogen-bond acceptors (Lipinski definition) is 5.